The van der Waals surface area contributed by atoms with E-state index in [0.29, 0.717) is 6.61 Å². The number of carbonyl (C=O) groups is 1. The Bertz CT molecular complexity index is 140. The zero-order valence-electron chi connectivity index (χ0n) is 7.25. The van der Waals surface area contributed by atoms with Gasteiger partial charge in [0.25, 0.3) is 0 Å². The molecule has 0 saturated carbocycles. The molecule has 0 unspecified atom stereocenters. The average Bonchev–Trinajstić information content (AvgIpc) is 2.05. The highest BCUT2D eigenvalue weighted by Crippen LogP contribution is 1.85. The van der Waals surface area contributed by atoms with E-state index in [4.69, 9.17) is 5.11 Å². The third-order valence-corrected chi connectivity index (χ3v) is 0.833. The summed E-state index contributed by atoms with van der Waals surface area (Å²) in [6.45, 7) is 2.32. The highest BCUT2D eigenvalue weighted by molar-refractivity contribution is 5.64. The number of rotatable bonds is 3. The summed E-state index contributed by atoms with van der Waals surface area (Å²) >= 11 is 0. The molecule has 1 amide bonds. The standard InChI is InChI=1S/C5H11NO2.C3H4O/c1-2-3-4-8-5(6)7;1-2-3-4/h2-4H2,1H3,(H2,6,7);1,4H,3H2. The van der Waals surface area contributed by atoms with Crippen LogP contribution >= 0.6 is 0 Å². The van der Waals surface area contributed by atoms with Crippen molar-refractivity contribution >= 4 is 6.09 Å². The van der Waals surface area contributed by atoms with Gasteiger partial charge in [0.15, 0.2) is 0 Å². The Morgan fingerprint density at radius 2 is 2.25 bits per heavy atom. The number of nitrogens with two attached hydrogens (primary N) is 1. The van der Waals surface area contributed by atoms with Gasteiger partial charge in [0.05, 0.1) is 6.61 Å². The molecule has 0 spiro atoms. The lowest BCUT2D eigenvalue weighted by atomic mass is 10.4. The summed E-state index contributed by atoms with van der Waals surface area (Å²) in [5, 5.41) is 7.64. The Labute approximate surface area is 72.7 Å². The molecule has 0 aromatic carbocycles. The van der Waals surface area contributed by atoms with Crippen LogP contribution < -0.4 is 5.73 Å². The maximum atomic E-state index is 9.87. The highest BCUT2D eigenvalue weighted by atomic mass is 16.5. The largest absolute Gasteiger partial charge is 0.450 e. The van der Waals surface area contributed by atoms with E-state index in [9.17, 15) is 4.79 Å². The molecule has 0 aliphatic carbocycles. The second-order valence-electron chi connectivity index (χ2n) is 1.88. The summed E-state index contributed by atoms with van der Waals surface area (Å²) in [5.41, 5.74) is 4.67. The van der Waals surface area contributed by atoms with E-state index in [-0.39, 0.29) is 6.61 Å². The van der Waals surface area contributed by atoms with E-state index in [1.165, 1.54) is 0 Å². The molecule has 0 fully saturated rings. The lowest BCUT2D eigenvalue weighted by Gasteiger charge is -1.95. The predicted octanol–water partition coefficient (Wildman–Crippen LogP) is 0.494. The van der Waals surface area contributed by atoms with Crippen molar-refractivity contribution < 1.29 is 14.6 Å². The van der Waals surface area contributed by atoms with Crippen LogP contribution in [0.4, 0.5) is 4.79 Å². The van der Waals surface area contributed by atoms with E-state index in [1.807, 2.05) is 12.8 Å². The topological polar surface area (TPSA) is 72.6 Å². The maximum Gasteiger partial charge on any atom is 0.404 e. The maximum absolute atomic E-state index is 9.87. The third kappa shape index (κ3) is 23.2. The molecule has 0 aliphatic rings. The van der Waals surface area contributed by atoms with Gasteiger partial charge in [-0.3, -0.25) is 0 Å². The third-order valence-electron chi connectivity index (χ3n) is 0.833. The van der Waals surface area contributed by atoms with Gasteiger partial charge in [-0.15, -0.1) is 6.42 Å². The van der Waals surface area contributed by atoms with Crippen LogP contribution in [0.25, 0.3) is 0 Å². The van der Waals surface area contributed by atoms with Gasteiger partial charge in [-0.05, 0) is 6.42 Å². The Morgan fingerprint density at radius 3 is 2.50 bits per heavy atom. The van der Waals surface area contributed by atoms with Crippen molar-refractivity contribution in [2.45, 2.75) is 19.8 Å². The smallest absolute Gasteiger partial charge is 0.404 e. The van der Waals surface area contributed by atoms with Gasteiger partial charge >= 0.3 is 6.09 Å². The molecule has 4 nitrogen and oxygen atoms in total. The van der Waals surface area contributed by atoms with E-state index in [0.717, 1.165) is 12.8 Å². The van der Waals surface area contributed by atoms with Crippen LogP contribution in [0.15, 0.2) is 0 Å². The van der Waals surface area contributed by atoms with Gasteiger partial charge in [-0.2, -0.15) is 0 Å². The van der Waals surface area contributed by atoms with Gasteiger partial charge in [0.2, 0.25) is 0 Å². The molecule has 0 bridgehead atoms. The normalized spacial score (nSPS) is 7.42. The first-order valence-corrected chi connectivity index (χ1v) is 3.65. The first-order chi connectivity index (χ1) is 5.68. The van der Waals surface area contributed by atoms with Crippen LogP contribution in [0.5, 0.6) is 0 Å². The molecule has 12 heavy (non-hydrogen) atoms. The van der Waals surface area contributed by atoms with Crippen molar-refractivity contribution in [3.05, 3.63) is 0 Å². The van der Waals surface area contributed by atoms with E-state index < -0.39 is 6.09 Å². The van der Waals surface area contributed by atoms with Crippen molar-refractivity contribution in [3.63, 3.8) is 0 Å². The Hall–Kier alpha value is -1.21. The fourth-order valence-electron chi connectivity index (χ4n) is 0.317. The number of aliphatic hydroxyl groups is 1. The number of hydrogen-bond acceptors (Lipinski definition) is 3. The molecule has 0 atom stereocenters. The van der Waals surface area contributed by atoms with Crippen LogP contribution in [0.2, 0.25) is 0 Å². The molecule has 0 heterocycles. The first kappa shape index (κ1) is 13.4. The fraction of sp³-hybridized carbons (Fsp3) is 0.625. The molecule has 0 aliphatic heterocycles. The van der Waals surface area contributed by atoms with E-state index in [2.05, 4.69) is 16.9 Å². The molecule has 0 radical (unpaired) electrons. The molecule has 0 saturated heterocycles. The minimum Gasteiger partial charge on any atom is -0.450 e. The number of aliphatic hydroxyl groups excluding tert-OH is 1. The summed E-state index contributed by atoms with van der Waals surface area (Å²) in [4.78, 5) is 9.87. The van der Waals surface area contributed by atoms with Crippen molar-refractivity contribution in [3.8, 4) is 12.3 Å². The summed E-state index contributed by atoms with van der Waals surface area (Å²) in [6, 6.07) is 0. The minimum atomic E-state index is -0.682. The van der Waals surface area contributed by atoms with Crippen LogP contribution in [-0.4, -0.2) is 24.4 Å². The molecule has 70 valence electrons. The van der Waals surface area contributed by atoms with Crippen molar-refractivity contribution in [1.29, 1.82) is 0 Å². The van der Waals surface area contributed by atoms with Crippen LogP contribution in [-0.2, 0) is 4.74 Å². The summed E-state index contributed by atoms with van der Waals surface area (Å²) in [5.74, 6) is 1.99. The average molecular weight is 173 g/mol. The molecule has 4 heteroatoms. The van der Waals surface area contributed by atoms with Crippen LogP contribution in [0, 0.1) is 12.3 Å². The summed E-state index contributed by atoms with van der Waals surface area (Å²) in [7, 11) is 0. The summed E-state index contributed by atoms with van der Waals surface area (Å²) < 4.78 is 4.42. The SMILES string of the molecule is C#CCO.CCCCOC(N)=O. The van der Waals surface area contributed by atoms with Gasteiger partial charge in [-0.25, -0.2) is 4.79 Å². The van der Waals surface area contributed by atoms with Gasteiger partial charge < -0.3 is 15.6 Å². The molecular formula is C8H15NO3. The Kier molecular flexibility index (Phi) is 13.9. The van der Waals surface area contributed by atoms with Gasteiger partial charge in [-0.1, -0.05) is 19.3 Å². The number of amides is 1. The quantitative estimate of drug-likeness (QED) is 0.482. The minimum absolute atomic E-state index is 0.153. The lowest BCUT2D eigenvalue weighted by molar-refractivity contribution is 0.155. The molecular weight excluding hydrogens is 158 g/mol. The number of carbonyl (C=O) groups excluding carboxylic acids is 1. The van der Waals surface area contributed by atoms with Crippen molar-refractivity contribution in [1.82, 2.24) is 0 Å². The second kappa shape index (κ2) is 12.5. The predicted molar refractivity (Wildman–Crippen MR) is 46.4 cm³/mol. The highest BCUT2D eigenvalue weighted by Gasteiger charge is 1.88. The number of terminal acetylenes is 1. The Balaban J connectivity index is 0. The number of hydrogen-bond donors (Lipinski definition) is 2. The van der Waals surface area contributed by atoms with Gasteiger partial charge in [0.1, 0.15) is 6.61 Å². The number of ether oxygens (including phenoxy) is 1. The second-order valence-corrected chi connectivity index (χ2v) is 1.88. The monoisotopic (exact) mass is 173 g/mol. The molecule has 0 aromatic heterocycles. The van der Waals surface area contributed by atoms with E-state index in [1.54, 1.807) is 0 Å². The van der Waals surface area contributed by atoms with Crippen molar-refractivity contribution in [2.24, 2.45) is 5.73 Å². The van der Waals surface area contributed by atoms with Gasteiger partial charge in [0, 0.05) is 0 Å². The van der Waals surface area contributed by atoms with Crippen molar-refractivity contribution in [2.75, 3.05) is 13.2 Å². The number of primary amides is 1. The summed E-state index contributed by atoms with van der Waals surface area (Å²) in [6.07, 6.45) is 5.76. The molecule has 0 aromatic rings. The van der Waals surface area contributed by atoms with Crippen LogP contribution in [0.3, 0.4) is 0 Å². The lowest BCUT2D eigenvalue weighted by Crippen LogP contribution is -2.13. The zero-order chi connectivity index (χ0) is 9.82. The van der Waals surface area contributed by atoms with Crippen LogP contribution in [0.1, 0.15) is 19.8 Å². The van der Waals surface area contributed by atoms with E-state index >= 15 is 0 Å². The zero-order valence-corrected chi connectivity index (χ0v) is 7.25. The molecule has 3 N–H and O–H groups in total. The fourth-order valence-corrected chi connectivity index (χ4v) is 0.317. The first-order valence-electron chi connectivity index (χ1n) is 3.65. The molecule has 0 rings (SSSR count). The Morgan fingerprint density at radius 1 is 1.75 bits per heavy atom. The number of unbranched alkanes of at least 4 members (excludes halogenated alkanes) is 1.